The van der Waals surface area contributed by atoms with E-state index in [1.165, 1.54) is 150 Å². The summed E-state index contributed by atoms with van der Waals surface area (Å²) in [6.45, 7) is 6.87. The van der Waals surface area contributed by atoms with E-state index in [0.29, 0.717) is 0 Å². The van der Waals surface area contributed by atoms with Crippen molar-refractivity contribution in [1.29, 1.82) is 0 Å². The Labute approximate surface area is 505 Å². The third-order valence-electron chi connectivity index (χ3n) is 18.0. The molecule has 0 saturated carbocycles. The molecule has 1 nitrogen and oxygen atoms in total. The lowest BCUT2D eigenvalue weighted by atomic mass is 9.89. The van der Waals surface area contributed by atoms with Crippen LogP contribution in [0.2, 0.25) is 0 Å². The van der Waals surface area contributed by atoms with Crippen molar-refractivity contribution < 1.29 is 0 Å². The number of fused-ring (bicyclic) bond motifs is 11. The summed E-state index contributed by atoms with van der Waals surface area (Å²) in [4.78, 5) is 0. The van der Waals surface area contributed by atoms with Gasteiger partial charge < -0.3 is 4.57 Å². The highest BCUT2D eigenvalue weighted by atomic mass is 32.1. The summed E-state index contributed by atoms with van der Waals surface area (Å²) >= 11 is 1.92. The van der Waals surface area contributed by atoms with E-state index in [4.69, 9.17) is 6.58 Å². The number of hydrogen-bond donors (Lipinski definition) is 0. The second kappa shape index (κ2) is 21.0. The fraction of sp³-hybridized carbons (Fsp3) is 0.0120. The van der Waals surface area contributed by atoms with E-state index in [9.17, 15) is 0 Å². The maximum Gasteiger partial charge on any atom is 0.181 e. The molecule has 0 N–H and O–H groups in total. The maximum atomic E-state index is 4.70. The van der Waals surface area contributed by atoms with Crippen molar-refractivity contribution in [3.8, 4) is 44.5 Å². The van der Waals surface area contributed by atoms with Gasteiger partial charge in [0.25, 0.3) is 0 Å². The average molecular weight is 1130 g/mol. The van der Waals surface area contributed by atoms with E-state index in [0.717, 1.165) is 5.70 Å². The Morgan fingerprint density at radius 1 is 0.360 bits per heavy atom. The first kappa shape index (κ1) is 51.2. The largest absolute Gasteiger partial charge is 0.310 e. The average Bonchev–Trinajstić information content (AvgIpc) is 2.18. The van der Waals surface area contributed by atoms with Crippen LogP contribution in [0.4, 0.5) is 0 Å². The molecule has 0 aliphatic heterocycles. The lowest BCUT2D eigenvalue weighted by Gasteiger charge is -2.36. The number of hydrogen-bond acceptors (Lipinski definition) is 1. The van der Waals surface area contributed by atoms with Crippen LogP contribution < -0.4 is 15.6 Å². The van der Waals surface area contributed by atoms with Crippen LogP contribution in [-0.4, -0.2) is 12.6 Å². The summed E-state index contributed by atoms with van der Waals surface area (Å²) in [6.07, 6.45) is 6.87. The molecular formula is C83H57NSSi. The van der Waals surface area contributed by atoms with E-state index >= 15 is 0 Å². The first-order chi connectivity index (χ1) is 42.5. The van der Waals surface area contributed by atoms with Gasteiger partial charge >= 0.3 is 0 Å². The van der Waals surface area contributed by atoms with Crippen LogP contribution in [0.1, 0.15) is 6.92 Å². The Bertz CT molecular complexity index is 5350. The van der Waals surface area contributed by atoms with E-state index in [2.05, 4.69) is 327 Å². The van der Waals surface area contributed by atoms with Crippen LogP contribution in [0.3, 0.4) is 0 Å². The highest BCUT2D eigenvalue weighted by molar-refractivity contribution is 7.30. The van der Waals surface area contributed by atoms with Gasteiger partial charge in [0.15, 0.2) is 8.07 Å². The highest BCUT2D eigenvalue weighted by Gasteiger charge is 2.44. The molecule has 0 saturated heterocycles. The zero-order valence-corrected chi connectivity index (χ0v) is 49.4. The molecule has 16 rings (SSSR count). The summed E-state index contributed by atoms with van der Waals surface area (Å²) in [6, 6.07) is 111. The Kier molecular flexibility index (Phi) is 12.5. The molecule has 14 aromatic carbocycles. The summed E-state index contributed by atoms with van der Waals surface area (Å²) in [7, 11) is -3.13. The van der Waals surface area contributed by atoms with Gasteiger partial charge in [-0.25, -0.2) is 0 Å². The van der Waals surface area contributed by atoms with E-state index in [1.54, 1.807) is 0 Å². The molecule has 2 aromatic heterocycles. The molecule has 0 unspecified atom stereocenters. The minimum absolute atomic E-state index is 1.12. The molecule has 404 valence electrons. The van der Waals surface area contributed by atoms with E-state index in [1.807, 2.05) is 11.3 Å². The van der Waals surface area contributed by atoms with Crippen molar-refractivity contribution in [3.05, 3.63) is 327 Å². The predicted molar refractivity (Wildman–Crippen MR) is 376 cm³/mol. The predicted octanol–water partition coefficient (Wildman–Crippen LogP) is 21.1. The van der Waals surface area contributed by atoms with Crippen LogP contribution in [0, 0.1) is 0 Å². The molecule has 0 aliphatic rings. The molecule has 0 bridgehead atoms. The smallest absolute Gasteiger partial charge is 0.181 e. The second-order valence-corrected chi connectivity index (χ2v) is 27.5. The molecule has 16 aromatic rings. The molecule has 86 heavy (non-hydrogen) atoms. The third kappa shape index (κ3) is 8.42. The monoisotopic (exact) mass is 1130 g/mol. The van der Waals surface area contributed by atoms with Crippen molar-refractivity contribution >= 4 is 126 Å². The van der Waals surface area contributed by atoms with Gasteiger partial charge in [0.2, 0.25) is 0 Å². The van der Waals surface area contributed by atoms with Crippen molar-refractivity contribution in [2.75, 3.05) is 0 Å². The van der Waals surface area contributed by atoms with Crippen molar-refractivity contribution in [1.82, 2.24) is 4.57 Å². The molecule has 2 heterocycles. The lowest BCUT2D eigenvalue weighted by molar-refractivity contribution is 1.23. The van der Waals surface area contributed by atoms with Gasteiger partial charge in [-0.15, -0.1) is 11.3 Å². The molecule has 0 radical (unpaired) electrons. The number of allylic oxidation sites excluding steroid dienone is 5. The number of aromatic nitrogens is 1. The highest BCUT2D eigenvalue weighted by Crippen LogP contribution is 2.42. The first-order valence-corrected chi connectivity index (χ1v) is 32.5. The Morgan fingerprint density at radius 2 is 0.849 bits per heavy atom. The minimum atomic E-state index is -3.13. The standard InChI is InChI=1S/C83H57NSSi/c1-3-67(84-79-34-17-15-31-73(79)74-32-16-18-35-80(74)84)54-68(4-2)86(69-26-7-5-8-27-69,70-28-9-6-10-29-70)82-36-20-33-75-78-52-64(44-46-81(78)85-83(75)82)63-43-45-72-76(53-66-23-13-14-30-71(66)77(72)51-63)65-25-19-24-57(50-65)58-39-40-62-49-61(42-41-60(62)48-58)59-38-37-55-21-11-12-22-56(55)47-59/h3-54H,2H2,1H3/b67-3+,68-54+. The van der Waals surface area contributed by atoms with Gasteiger partial charge in [0.1, 0.15) is 0 Å². The normalized spacial score (nSPS) is 12.4. The number of para-hydroxylation sites is 2. The molecular weight excluding hydrogens is 1070 g/mol. The second-order valence-electron chi connectivity index (χ2n) is 22.7. The van der Waals surface area contributed by atoms with Crippen molar-refractivity contribution in [3.63, 3.8) is 0 Å². The van der Waals surface area contributed by atoms with Crippen LogP contribution in [-0.2, 0) is 0 Å². The maximum absolute atomic E-state index is 4.70. The van der Waals surface area contributed by atoms with Crippen molar-refractivity contribution in [2.45, 2.75) is 6.92 Å². The van der Waals surface area contributed by atoms with E-state index in [-0.39, 0.29) is 0 Å². The summed E-state index contributed by atoms with van der Waals surface area (Å²) < 4.78 is 5.03. The Hall–Kier alpha value is -10.4. The molecule has 0 spiro atoms. The third-order valence-corrected chi connectivity index (χ3v) is 24.3. The van der Waals surface area contributed by atoms with Gasteiger partial charge in [-0.1, -0.05) is 255 Å². The molecule has 3 heteroatoms. The fourth-order valence-corrected chi connectivity index (χ4v) is 20.5. The van der Waals surface area contributed by atoms with Crippen LogP contribution in [0.25, 0.3) is 135 Å². The van der Waals surface area contributed by atoms with Gasteiger partial charge in [0, 0.05) is 36.6 Å². The molecule has 0 aliphatic carbocycles. The van der Waals surface area contributed by atoms with Crippen LogP contribution in [0.5, 0.6) is 0 Å². The quantitative estimate of drug-likeness (QED) is 0.0526. The van der Waals surface area contributed by atoms with E-state index < -0.39 is 8.07 Å². The molecule has 0 fully saturated rings. The van der Waals surface area contributed by atoms with Gasteiger partial charge in [0.05, 0.1) is 11.0 Å². The number of thiophene rings is 1. The van der Waals surface area contributed by atoms with Crippen molar-refractivity contribution in [2.24, 2.45) is 0 Å². The number of benzene rings is 14. The van der Waals surface area contributed by atoms with Gasteiger partial charge in [-0.2, -0.15) is 0 Å². The Balaban J connectivity index is 0.804. The van der Waals surface area contributed by atoms with Gasteiger partial charge in [-0.05, 0) is 182 Å². The minimum Gasteiger partial charge on any atom is -0.310 e. The topological polar surface area (TPSA) is 4.93 Å². The number of nitrogens with zero attached hydrogens (tertiary/aromatic N) is 1. The first-order valence-electron chi connectivity index (χ1n) is 29.7. The summed E-state index contributed by atoms with van der Waals surface area (Å²) in [5, 5.41) is 20.2. The summed E-state index contributed by atoms with van der Waals surface area (Å²) in [5.74, 6) is 0. The number of rotatable bonds is 11. The zero-order chi connectivity index (χ0) is 57.3. The SMILES string of the molecule is C=C/C(=C\C(=C/C)n1c2ccccc2c2ccccc21)[Si](c1ccccc1)(c1ccccc1)c1cccc2c1sc1ccc(-c3ccc4c(-c5cccc(-c6ccc7cc(-c8ccc9ccccc9c8)ccc7c6)c5)cc5ccccc5c4c3)cc12. The van der Waals surface area contributed by atoms with Crippen LogP contribution in [0.15, 0.2) is 327 Å². The summed E-state index contributed by atoms with van der Waals surface area (Å²) in [5.41, 5.74) is 13.2. The zero-order valence-electron chi connectivity index (χ0n) is 47.6. The Morgan fingerprint density at radius 3 is 1.50 bits per heavy atom. The molecule has 0 atom stereocenters. The fourth-order valence-electron chi connectivity index (χ4n) is 13.9. The molecule has 0 amide bonds. The lowest BCUT2D eigenvalue weighted by Crippen LogP contribution is -2.68. The van der Waals surface area contributed by atoms with Gasteiger partial charge in [-0.3, -0.25) is 0 Å². The van der Waals surface area contributed by atoms with Crippen LogP contribution >= 0.6 is 11.3 Å².